The van der Waals surface area contributed by atoms with E-state index in [-0.39, 0.29) is 18.1 Å². The maximum absolute atomic E-state index is 11.6. The Balaban J connectivity index is 2.56. The Labute approximate surface area is 127 Å². The number of nitrogens with zero attached hydrogens (tertiary/aromatic N) is 2. The number of nitrogens with one attached hydrogen (secondary N) is 2. The predicted molar refractivity (Wildman–Crippen MR) is 82.5 cm³/mol. The summed E-state index contributed by atoms with van der Waals surface area (Å²) in [5.41, 5.74) is -0.222. The molecule has 2 N–H and O–H groups in total. The average molecular weight is 300 g/mol. The van der Waals surface area contributed by atoms with Crippen LogP contribution >= 0.6 is 0 Å². The van der Waals surface area contributed by atoms with Gasteiger partial charge in [-0.05, 0) is 6.92 Å². The molecule has 0 bridgehead atoms. The molecule has 0 aromatic heterocycles. The van der Waals surface area contributed by atoms with E-state index in [4.69, 9.17) is 9.47 Å². The Morgan fingerprint density at radius 1 is 1.33 bits per heavy atom. The number of guanidine groups is 1. The van der Waals surface area contributed by atoms with Crippen LogP contribution in [0.4, 0.5) is 0 Å². The van der Waals surface area contributed by atoms with Crippen LogP contribution in [0.2, 0.25) is 0 Å². The van der Waals surface area contributed by atoms with Gasteiger partial charge in [-0.1, -0.05) is 0 Å². The first-order valence-corrected chi connectivity index (χ1v) is 7.38. The summed E-state index contributed by atoms with van der Waals surface area (Å²) in [5.74, 6) is 0.607. The van der Waals surface area contributed by atoms with Gasteiger partial charge in [0.05, 0.1) is 5.60 Å². The molecule has 21 heavy (non-hydrogen) atoms. The van der Waals surface area contributed by atoms with Gasteiger partial charge in [0.15, 0.2) is 5.96 Å². The molecule has 0 aliphatic carbocycles. The minimum atomic E-state index is -0.222. The first kappa shape index (κ1) is 17.7. The van der Waals surface area contributed by atoms with Crippen LogP contribution in [0.3, 0.4) is 0 Å². The quantitative estimate of drug-likeness (QED) is 0.526. The van der Waals surface area contributed by atoms with Gasteiger partial charge in [0.25, 0.3) is 0 Å². The van der Waals surface area contributed by atoms with Crippen molar-refractivity contribution in [3.8, 4) is 0 Å². The van der Waals surface area contributed by atoms with E-state index in [1.54, 1.807) is 21.2 Å². The maximum atomic E-state index is 11.6. The maximum Gasteiger partial charge on any atom is 0.243 e. The standard InChI is InChI=1S/C14H28N4O3/c1-5-15-13(16-10-12(19)18(2)3)17-11-14(20-4)6-8-21-9-7-14/h5-11H2,1-4H3,(H2,15,16,17). The van der Waals surface area contributed by atoms with Gasteiger partial charge in [-0.3, -0.25) is 4.79 Å². The summed E-state index contributed by atoms with van der Waals surface area (Å²) in [7, 11) is 5.17. The van der Waals surface area contributed by atoms with Crippen molar-refractivity contribution in [2.45, 2.75) is 25.4 Å². The molecule has 1 saturated heterocycles. The van der Waals surface area contributed by atoms with Crippen molar-refractivity contribution < 1.29 is 14.3 Å². The van der Waals surface area contributed by atoms with E-state index >= 15 is 0 Å². The Hall–Kier alpha value is -1.34. The number of methoxy groups -OCH3 is 1. The van der Waals surface area contributed by atoms with Crippen LogP contribution in [0, 0.1) is 0 Å². The fourth-order valence-corrected chi connectivity index (χ4v) is 2.07. The Morgan fingerprint density at radius 2 is 2.00 bits per heavy atom. The molecule has 1 heterocycles. The molecule has 122 valence electrons. The highest BCUT2D eigenvalue weighted by Crippen LogP contribution is 2.23. The lowest BCUT2D eigenvalue weighted by Crippen LogP contribution is -2.51. The highest BCUT2D eigenvalue weighted by atomic mass is 16.5. The number of ether oxygens (including phenoxy) is 2. The van der Waals surface area contributed by atoms with Gasteiger partial charge in [-0.25, -0.2) is 4.99 Å². The second-order valence-electron chi connectivity index (χ2n) is 5.34. The fourth-order valence-electron chi connectivity index (χ4n) is 2.07. The molecule has 0 spiro atoms. The lowest BCUT2D eigenvalue weighted by Gasteiger charge is -2.36. The van der Waals surface area contributed by atoms with E-state index in [9.17, 15) is 4.79 Å². The molecule has 0 aromatic rings. The van der Waals surface area contributed by atoms with Gasteiger partial charge >= 0.3 is 0 Å². The zero-order valence-electron chi connectivity index (χ0n) is 13.6. The molecule has 0 unspecified atom stereocenters. The van der Waals surface area contributed by atoms with E-state index in [2.05, 4.69) is 15.6 Å². The van der Waals surface area contributed by atoms with Crippen LogP contribution in [0.1, 0.15) is 19.8 Å². The van der Waals surface area contributed by atoms with Crippen LogP contribution < -0.4 is 10.6 Å². The molecule has 1 amide bonds. The number of carbonyl (C=O) groups excluding carboxylic acids is 1. The number of carbonyl (C=O) groups is 1. The molecule has 0 radical (unpaired) electrons. The topological polar surface area (TPSA) is 75.2 Å². The number of rotatable bonds is 6. The summed E-state index contributed by atoms with van der Waals surface area (Å²) in [6, 6.07) is 0. The van der Waals surface area contributed by atoms with E-state index in [1.165, 1.54) is 4.90 Å². The predicted octanol–water partition coefficient (Wildman–Crippen LogP) is -0.175. The molecule has 0 saturated carbocycles. The van der Waals surface area contributed by atoms with E-state index in [0.29, 0.717) is 25.7 Å². The molecular formula is C14H28N4O3. The summed E-state index contributed by atoms with van der Waals surface area (Å²) in [6.45, 7) is 4.93. The third-order valence-electron chi connectivity index (χ3n) is 3.63. The molecular weight excluding hydrogens is 272 g/mol. The summed E-state index contributed by atoms with van der Waals surface area (Å²) in [4.78, 5) is 17.4. The number of hydrogen-bond acceptors (Lipinski definition) is 4. The Morgan fingerprint density at radius 3 is 2.52 bits per heavy atom. The number of amides is 1. The molecule has 1 aliphatic rings. The minimum absolute atomic E-state index is 0.0280. The van der Waals surface area contributed by atoms with Crippen LogP contribution in [-0.4, -0.2) is 76.4 Å². The monoisotopic (exact) mass is 300 g/mol. The van der Waals surface area contributed by atoms with Gasteiger partial charge in [0.1, 0.15) is 6.54 Å². The molecule has 1 rings (SSSR count). The summed E-state index contributed by atoms with van der Waals surface area (Å²) in [5, 5.41) is 6.40. The second-order valence-corrected chi connectivity index (χ2v) is 5.34. The minimum Gasteiger partial charge on any atom is -0.381 e. The molecule has 7 heteroatoms. The normalized spacial score (nSPS) is 18.2. The van der Waals surface area contributed by atoms with Gasteiger partial charge < -0.3 is 25.0 Å². The highest BCUT2D eigenvalue weighted by Gasteiger charge is 2.32. The van der Waals surface area contributed by atoms with Gasteiger partial charge in [-0.2, -0.15) is 0 Å². The van der Waals surface area contributed by atoms with Crippen LogP contribution in [0.25, 0.3) is 0 Å². The largest absolute Gasteiger partial charge is 0.381 e. The zero-order valence-corrected chi connectivity index (χ0v) is 13.6. The van der Waals surface area contributed by atoms with Crippen molar-refractivity contribution in [3.05, 3.63) is 0 Å². The Kier molecular flexibility index (Phi) is 7.45. The summed E-state index contributed by atoms with van der Waals surface area (Å²) in [6.07, 6.45) is 1.71. The van der Waals surface area contributed by atoms with E-state index in [1.807, 2.05) is 6.92 Å². The molecule has 1 fully saturated rings. The van der Waals surface area contributed by atoms with Crippen LogP contribution in [0.5, 0.6) is 0 Å². The second kappa shape index (κ2) is 8.84. The zero-order chi connectivity index (χ0) is 15.7. The van der Waals surface area contributed by atoms with E-state index in [0.717, 1.165) is 19.4 Å². The van der Waals surface area contributed by atoms with E-state index < -0.39 is 0 Å². The van der Waals surface area contributed by atoms with Crippen LogP contribution in [-0.2, 0) is 14.3 Å². The lowest BCUT2D eigenvalue weighted by molar-refractivity contribution is -0.127. The first-order valence-electron chi connectivity index (χ1n) is 7.38. The van der Waals surface area contributed by atoms with Gasteiger partial charge in [-0.15, -0.1) is 0 Å². The van der Waals surface area contributed by atoms with Crippen molar-refractivity contribution in [2.24, 2.45) is 4.99 Å². The number of aliphatic imine (C=N–C) groups is 1. The summed E-state index contributed by atoms with van der Waals surface area (Å²) >= 11 is 0. The fraction of sp³-hybridized carbons (Fsp3) is 0.857. The van der Waals surface area contributed by atoms with Crippen molar-refractivity contribution >= 4 is 11.9 Å². The van der Waals surface area contributed by atoms with Crippen molar-refractivity contribution in [1.29, 1.82) is 0 Å². The van der Waals surface area contributed by atoms with Crippen molar-refractivity contribution in [3.63, 3.8) is 0 Å². The van der Waals surface area contributed by atoms with Gasteiger partial charge in [0.2, 0.25) is 5.91 Å². The van der Waals surface area contributed by atoms with Crippen molar-refractivity contribution in [2.75, 3.05) is 54.1 Å². The average Bonchev–Trinajstić information content (AvgIpc) is 2.50. The van der Waals surface area contributed by atoms with Crippen molar-refractivity contribution in [1.82, 2.24) is 15.5 Å². The molecule has 1 aliphatic heterocycles. The number of likely N-dealkylation sites (N-methyl/N-ethyl adjacent to an activating group) is 1. The summed E-state index contributed by atoms with van der Waals surface area (Å²) < 4.78 is 11.1. The SMILES string of the molecule is CCNC(=NCC(=O)N(C)C)NCC1(OC)CCOCC1. The van der Waals surface area contributed by atoms with Crippen LogP contribution in [0.15, 0.2) is 4.99 Å². The first-order chi connectivity index (χ1) is 10.0. The third kappa shape index (κ3) is 5.89. The molecule has 7 nitrogen and oxygen atoms in total. The molecule has 0 aromatic carbocycles. The smallest absolute Gasteiger partial charge is 0.243 e. The molecule has 0 atom stereocenters. The lowest BCUT2D eigenvalue weighted by atomic mass is 9.94. The van der Waals surface area contributed by atoms with Gasteiger partial charge in [0, 0.05) is 60.4 Å². The number of hydrogen-bond donors (Lipinski definition) is 2. The Bertz CT molecular complexity index is 352. The highest BCUT2D eigenvalue weighted by molar-refractivity contribution is 5.84. The third-order valence-corrected chi connectivity index (χ3v) is 3.63.